The van der Waals surface area contributed by atoms with Crippen LogP contribution in [0.2, 0.25) is 0 Å². The van der Waals surface area contributed by atoms with Gasteiger partial charge in [-0.05, 0) is 35.0 Å². The van der Waals surface area contributed by atoms with Gasteiger partial charge in [0.2, 0.25) is 0 Å². The van der Waals surface area contributed by atoms with Crippen molar-refractivity contribution in [1.82, 2.24) is 0 Å². The molecule has 0 aromatic heterocycles. The molecule has 0 N–H and O–H groups in total. The lowest BCUT2D eigenvalue weighted by molar-refractivity contribution is 0.273. The summed E-state index contributed by atoms with van der Waals surface area (Å²) < 4.78 is 17.1. The number of hydrogen-bond acceptors (Lipinski definition) is 2. The van der Waals surface area contributed by atoms with Gasteiger partial charge in [-0.15, -0.1) is 0 Å². The number of nitrogens with zero attached hydrogens (tertiary/aromatic N) is 1. The summed E-state index contributed by atoms with van der Waals surface area (Å²) in [6, 6.07) is 13.0. The molecule has 16 heavy (non-hydrogen) atoms. The molecule has 0 bridgehead atoms. The van der Waals surface area contributed by atoms with Crippen molar-refractivity contribution < 1.29 is 9.13 Å². The summed E-state index contributed by atoms with van der Waals surface area (Å²) in [4.78, 5) is 0. The van der Waals surface area contributed by atoms with E-state index < -0.39 is 6.67 Å². The van der Waals surface area contributed by atoms with Crippen LogP contribution in [0.3, 0.4) is 0 Å². The van der Waals surface area contributed by atoms with E-state index in [1.165, 1.54) is 0 Å². The monoisotopic (exact) mass is 215 g/mol. The molecule has 0 spiro atoms. The second kappa shape index (κ2) is 4.63. The fourth-order valence-corrected chi connectivity index (χ4v) is 1.54. The number of halogens is 1. The van der Waals surface area contributed by atoms with Crippen LogP contribution in [0.5, 0.6) is 5.75 Å². The lowest BCUT2D eigenvalue weighted by Crippen LogP contribution is -1.98. The summed E-state index contributed by atoms with van der Waals surface area (Å²) in [6.45, 7) is -0.423. The third kappa shape index (κ3) is 2.12. The van der Waals surface area contributed by atoms with Gasteiger partial charge in [-0.1, -0.05) is 12.1 Å². The van der Waals surface area contributed by atoms with E-state index in [2.05, 4.69) is 6.07 Å². The van der Waals surface area contributed by atoms with Gasteiger partial charge in [-0.3, -0.25) is 0 Å². The zero-order chi connectivity index (χ0) is 11.4. The highest BCUT2D eigenvalue weighted by molar-refractivity contribution is 5.85. The average Bonchev–Trinajstić information content (AvgIpc) is 2.35. The number of nitriles is 1. The molecule has 2 rings (SSSR count). The van der Waals surface area contributed by atoms with E-state index in [1.54, 1.807) is 12.1 Å². The Kier molecular flexibility index (Phi) is 3.02. The molecule has 0 heterocycles. The summed E-state index contributed by atoms with van der Waals surface area (Å²) in [6.07, 6.45) is 0. The second-order valence-corrected chi connectivity index (χ2v) is 3.37. The molecule has 2 aromatic carbocycles. The average molecular weight is 215 g/mol. The molecule has 2 aromatic rings. The van der Waals surface area contributed by atoms with Gasteiger partial charge < -0.3 is 4.74 Å². The maximum Gasteiger partial charge on any atom is 0.123 e. The number of alkyl halides is 1. The zero-order valence-electron chi connectivity index (χ0n) is 8.61. The molecular weight excluding hydrogens is 205 g/mol. The molecule has 0 saturated heterocycles. The van der Waals surface area contributed by atoms with Crippen LogP contribution in [0.1, 0.15) is 5.56 Å². The van der Waals surface area contributed by atoms with Crippen molar-refractivity contribution in [2.24, 2.45) is 0 Å². The SMILES string of the molecule is N#Cc1ccc2cc(OCCF)ccc2c1. The molecule has 2 nitrogen and oxygen atoms in total. The van der Waals surface area contributed by atoms with Crippen LogP contribution < -0.4 is 4.74 Å². The molecule has 0 aliphatic carbocycles. The Morgan fingerprint density at radius 2 is 1.88 bits per heavy atom. The van der Waals surface area contributed by atoms with E-state index in [1.807, 2.05) is 24.3 Å². The van der Waals surface area contributed by atoms with Gasteiger partial charge in [-0.25, -0.2) is 4.39 Å². The fourth-order valence-electron chi connectivity index (χ4n) is 1.54. The minimum absolute atomic E-state index is 0.0712. The minimum atomic E-state index is -0.495. The summed E-state index contributed by atoms with van der Waals surface area (Å²) >= 11 is 0. The van der Waals surface area contributed by atoms with Crippen LogP contribution in [0.15, 0.2) is 36.4 Å². The highest BCUT2D eigenvalue weighted by atomic mass is 19.1. The van der Waals surface area contributed by atoms with E-state index in [0.29, 0.717) is 11.3 Å². The molecule has 0 radical (unpaired) electrons. The molecule has 80 valence electrons. The van der Waals surface area contributed by atoms with Gasteiger partial charge >= 0.3 is 0 Å². The second-order valence-electron chi connectivity index (χ2n) is 3.37. The Bertz CT molecular complexity index is 545. The van der Waals surface area contributed by atoms with Crippen LogP contribution in [-0.4, -0.2) is 13.3 Å². The Labute approximate surface area is 92.9 Å². The van der Waals surface area contributed by atoms with Crippen molar-refractivity contribution >= 4 is 10.8 Å². The number of fused-ring (bicyclic) bond motifs is 1. The van der Waals surface area contributed by atoms with Crippen molar-refractivity contribution in [3.8, 4) is 11.8 Å². The topological polar surface area (TPSA) is 33.0 Å². The molecule has 0 fully saturated rings. The first-order chi connectivity index (χ1) is 7.83. The first kappa shape index (κ1) is 10.4. The van der Waals surface area contributed by atoms with Crippen LogP contribution in [0.4, 0.5) is 4.39 Å². The molecule has 0 atom stereocenters. The maximum absolute atomic E-state index is 11.9. The van der Waals surface area contributed by atoms with Crippen molar-refractivity contribution in [3.63, 3.8) is 0 Å². The largest absolute Gasteiger partial charge is 0.491 e. The minimum Gasteiger partial charge on any atom is -0.491 e. The van der Waals surface area contributed by atoms with E-state index in [0.717, 1.165) is 10.8 Å². The fraction of sp³-hybridized carbons (Fsp3) is 0.154. The van der Waals surface area contributed by atoms with Gasteiger partial charge in [0.1, 0.15) is 19.0 Å². The molecule has 0 amide bonds. The van der Waals surface area contributed by atoms with Crippen LogP contribution >= 0.6 is 0 Å². The smallest absolute Gasteiger partial charge is 0.123 e. The number of hydrogen-bond donors (Lipinski definition) is 0. The first-order valence-corrected chi connectivity index (χ1v) is 4.96. The van der Waals surface area contributed by atoms with Crippen LogP contribution in [-0.2, 0) is 0 Å². The molecule has 3 heteroatoms. The van der Waals surface area contributed by atoms with Gasteiger partial charge in [0.15, 0.2) is 0 Å². The van der Waals surface area contributed by atoms with Crippen molar-refractivity contribution in [3.05, 3.63) is 42.0 Å². The van der Waals surface area contributed by atoms with Gasteiger partial charge in [0.25, 0.3) is 0 Å². The van der Waals surface area contributed by atoms with E-state index >= 15 is 0 Å². The first-order valence-electron chi connectivity index (χ1n) is 4.96. The number of benzene rings is 2. The van der Waals surface area contributed by atoms with E-state index in [4.69, 9.17) is 10.00 Å². The maximum atomic E-state index is 11.9. The molecule has 0 aliphatic heterocycles. The Morgan fingerprint density at radius 3 is 2.62 bits per heavy atom. The van der Waals surface area contributed by atoms with Crippen molar-refractivity contribution in [2.75, 3.05) is 13.3 Å². The molecule has 0 unspecified atom stereocenters. The van der Waals surface area contributed by atoms with Crippen molar-refractivity contribution in [1.29, 1.82) is 5.26 Å². The predicted octanol–water partition coefficient (Wildman–Crippen LogP) is 3.06. The van der Waals surface area contributed by atoms with Crippen molar-refractivity contribution in [2.45, 2.75) is 0 Å². The summed E-state index contributed by atoms with van der Waals surface area (Å²) in [5.41, 5.74) is 0.630. The highest BCUT2D eigenvalue weighted by Gasteiger charge is 1.99. The lowest BCUT2D eigenvalue weighted by Gasteiger charge is -2.05. The third-order valence-corrected chi connectivity index (χ3v) is 2.29. The number of ether oxygens (including phenoxy) is 1. The van der Waals surface area contributed by atoms with Crippen LogP contribution in [0.25, 0.3) is 10.8 Å². The Hall–Kier alpha value is -2.08. The number of rotatable bonds is 3. The lowest BCUT2D eigenvalue weighted by atomic mass is 10.1. The standard InChI is InChI=1S/C13H10FNO/c14-5-6-16-13-4-3-11-7-10(9-15)1-2-12(11)8-13/h1-4,7-8H,5-6H2. The summed E-state index contributed by atoms with van der Waals surface area (Å²) in [5, 5.41) is 10.7. The Balaban J connectivity index is 2.37. The zero-order valence-corrected chi connectivity index (χ0v) is 8.61. The third-order valence-electron chi connectivity index (χ3n) is 2.29. The van der Waals surface area contributed by atoms with Gasteiger partial charge in [0.05, 0.1) is 11.6 Å². The molecule has 0 aliphatic rings. The predicted molar refractivity (Wildman–Crippen MR) is 60.1 cm³/mol. The van der Waals surface area contributed by atoms with E-state index in [-0.39, 0.29) is 6.61 Å². The normalized spacial score (nSPS) is 10.0. The van der Waals surface area contributed by atoms with E-state index in [9.17, 15) is 4.39 Å². The van der Waals surface area contributed by atoms with Gasteiger partial charge in [0, 0.05) is 0 Å². The molecular formula is C13H10FNO. The highest BCUT2D eigenvalue weighted by Crippen LogP contribution is 2.21. The van der Waals surface area contributed by atoms with Gasteiger partial charge in [-0.2, -0.15) is 5.26 Å². The summed E-state index contributed by atoms with van der Waals surface area (Å²) in [7, 11) is 0. The summed E-state index contributed by atoms with van der Waals surface area (Å²) in [5.74, 6) is 0.648. The van der Waals surface area contributed by atoms with Crippen LogP contribution in [0, 0.1) is 11.3 Å². The molecule has 0 saturated carbocycles. The quantitative estimate of drug-likeness (QED) is 0.788. The Morgan fingerprint density at radius 1 is 1.12 bits per heavy atom.